The molecule has 0 unspecified atom stereocenters. The Bertz CT molecular complexity index is 1210. The Morgan fingerprint density at radius 2 is 1.67 bits per heavy atom. The molecule has 13 heteroatoms. The van der Waals surface area contributed by atoms with Crippen LogP contribution in [-0.2, 0) is 11.3 Å². The number of carboxylic acid groups (broad SMARTS) is 1. The Hall–Kier alpha value is -3.18. The molecule has 0 aliphatic carbocycles. The van der Waals surface area contributed by atoms with E-state index < -0.39 is 29.4 Å². The van der Waals surface area contributed by atoms with Gasteiger partial charge in [0.2, 0.25) is 0 Å². The standard InChI is InChI=1S/C20H16Cl2F3N3O5/c1-19(2,17(29)30)33-16-14(21)7-11(8-15(16)22)9-28-18(31)27(10-26-28)12-3-5-13(6-4-12)32-20(23,24)25/h3-8,10H,9H2,1-2H3,(H,29,30). The Morgan fingerprint density at radius 3 is 2.18 bits per heavy atom. The van der Waals surface area contributed by atoms with Crippen molar-refractivity contribution in [3.8, 4) is 17.2 Å². The van der Waals surface area contributed by atoms with Crippen LogP contribution in [-0.4, -0.2) is 37.4 Å². The van der Waals surface area contributed by atoms with E-state index >= 15 is 0 Å². The van der Waals surface area contributed by atoms with Crippen LogP contribution >= 0.6 is 23.2 Å². The van der Waals surface area contributed by atoms with Crippen LogP contribution in [0.5, 0.6) is 11.5 Å². The molecule has 0 fully saturated rings. The highest BCUT2D eigenvalue weighted by Gasteiger charge is 2.32. The van der Waals surface area contributed by atoms with Crippen molar-refractivity contribution in [3.05, 3.63) is 68.8 Å². The van der Waals surface area contributed by atoms with Crippen molar-refractivity contribution in [1.82, 2.24) is 14.3 Å². The van der Waals surface area contributed by atoms with Gasteiger partial charge in [0.15, 0.2) is 11.4 Å². The fourth-order valence-electron chi connectivity index (χ4n) is 2.70. The first kappa shape index (κ1) is 24.5. The molecule has 0 bridgehead atoms. The monoisotopic (exact) mass is 505 g/mol. The van der Waals surface area contributed by atoms with E-state index in [1.54, 1.807) is 0 Å². The van der Waals surface area contributed by atoms with Crippen LogP contribution < -0.4 is 15.2 Å². The third kappa shape index (κ3) is 5.79. The molecule has 1 heterocycles. The van der Waals surface area contributed by atoms with E-state index in [9.17, 15) is 27.9 Å². The van der Waals surface area contributed by atoms with Crippen LogP contribution in [0.15, 0.2) is 47.5 Å². The highest BCUT2D eigenvalue weighted by atomic mass is 35.5. The van der Waals surface area contributed by atoms with Crippen molar-refractivity contribution in [2.24, 2.45) is 0 Å². The third-order valence-electron chi connectivity index (χ3n) is 4.34. The number of hydrogen-bond acceptors (Lipinski definition) is 5. The molecule has 0 saturated carbocycles. The normalized spacial score (nSPS) is 12.0. The molecule has 1 N–H and O–H groups in total. The zero-order valence-corrected chi connectivity index (χ0v) is 18.6. The molecule has 176 valence electrons. The summed E-state index contributed by atoms with van der Waals surface area (Å²) in [6, 6.07) is 7.61. The second-order valence-corrected chi connectivity index (χ2v) is 8.10. The average molecular weight is 506 g/mol. The number of hydrogen-bond donors (Lipinski definition) is 1. The predicted molar refractivity (Wildman–Crippen MR) is 112 cm³/mol. The summed E-state index contributed by atoms with van der Waals surface area (Å²) in [6.07, 6.45) is -3.62. The summed E-state index contributed by atoms with van der Waals surface area (Å²) in [4.78, 5) is 24.0. The van der Waals surface area contributed by atoms with Gasteiger partial charge in [-0.1, -0.05) is 23.2 Å². The van der Waals surface area contributed by atoms with Crippen molar-refractivity contribution < 1.29 is 32.5 Å². The number of nitrogens with zero attached hydrogens (tertiary/aromatic N) is 3. The summed E-state index contributed by atoms with van der Waals surface area (Å²) >= 11 is 12.4. The lowest BCUT2D eigenvalue weighted by Crippen LogP contribution is -2.38. The van der Waals surface area contributed by atoms with Crippen LogP contribution in [0.1, 0.15) is 19.4 Å². The SMILES string of the molecule is CC(C)(Oc1c(Cl)cc(Cn2ncn(-c3ccc(OC(F)(F)F)cc3)c2=O)cc1Cl)C(=O)O. The molecule has 0 aliphatic rings. The summed E-state index contributed by atoms with van der Waals surface area (Å²) in [5.41, 5.74) is -1.40. The zero-order valence-electron chi connectivity index (χ0n) is 17.1. The number of alkyl halides is 3. The van der Waals surface area contributed by atoms with Crippen molar-refractivity contribution >= 4 is 29.2 Å². The van der Waals surface area contributed by atoms with E-state index in [0.29, 0.717) is 5.56 Å². The fourth-order valence-corrected chi connectivity index (χ4v) is 3.31. The first-order valence-corrected chi connectivity index (χ1v) is 9.93. The molecular weight excluding hydrogens is 490 g/mol. The summed E-state index contributed by atoms with van der Waals surface area (Å²) in [6.45, 7) is 2.64. The number of aliphatic carboxylic acids is 1. The van der Waals surface area contributed by atoms with Crippen molar-refractivity contribution in [2.75, 3.05) is 0 Å². The predicted octanol–water partition coefficient (Wildman–Crippen LogP) is 4.53. The number of aromatic nitrogens is 3. The largest absolute Gasteiger partial charge is 0.573 e. The summed E-state index contributed by atoms with van der Waals surface area (Å²) in [5.74, 6) is -1.66. The topological polar surface area (TPSA) is 95.6 Å². The van der Waals surface area contributed by atoms with E-state index in [0.717, 1.165) is 21.4 Å². The summed E-state index contributed by atoms with van der Waals surface area (Å²) in [7, 11) is 0. The smallest absolute Gasteiger partial charge is 0.478 e. The molecule has 0 aliphatic heterocycles. The van der Waals surface area contributed by atoms with Gasteiger partial charge < -0.3 is 14.6 Å². The number of ether oxygens (including phenoxy) is 2. The lowest BCUT2D eigenvalue weighted by Gasteiger charge is -2.23. The lowest BCUT2D eigenvalue weighted by molar-refractivity contribution is -0.274. The van der Waals surface area contributed by atoms with Crippen LogP contribution in [0.25, 0.3) is 5.69 Å². The van der Waals surface area contributed by atoms with Crippen LogP contribution in [0.4, 0.5) is 13.2 Å². The molecule has 0 saturated heterocycles. The van der Waals surface area contributed by atoms with Gasteiger partial charge in [-0.05, 0) is 55.8 Å². The molecular formula is C20H16Cl2F3N3O5. The van der Waals surface area contributed by atoms with Gasteiger partial charge in [0.25, 0.3) is 0 Å². The second kappa shape index (κ2) is 8.99. The van der Waals surface area contributed by atoms with Gasteiger partial charge in [-0.3, -0.25) is 0 Å². The van der Waals surface area contributed by atoms with Crippen LogP contribution in [0, 0.1) is 0 Å². The van der Waals surface area contributed by atoms with Crippen molar-refractivity contribution in [1.29, 1.82) is 0 Å². The van der Waals surface area contributed by atoms with E-state index in [2.05, 4.69) is 9.84 Å². The highest BCUT2D eigenvalue weighted by molar-refractivity contribution is 6.37. The lowest BCUT2D eigenvalue weighted by atomic mass is 10.1. The van der Waals surface area contributed by atoms with Gasteiger partial charge in [0.05, 0.1) is 22.3 Å². The van der Waals surface area contributed by atoms with Gasteiger partial charge in [-0.2, -0.15) is 5.10 Å². The molecule has 8 nitrogen and oxygen atoms in total. The number of benzene rings is 2. The molecule has 1 aromatic heterocycles. The summed E-state index contributed by atoms with van der Waals surface area (Å²) < 4.78 is 48.3. The van der Waals surface area contributed by atoms with E-state index in [-0.39, 0.29) is 28.0 Å². The van der Waals surface area contributed by atoms with E-state index in [1.807, 2.05) is 0 Å². The first-order chi connectivity index (χ1) is 15.3. The van der Waals surface area contributed by atoms with Crippen LogP contribution in [0.3, 0.4) is 0 Å². The number of carboxylic acids is 1. The maximum absolute atomic E-state index is 12.7. The number of halogens is 5. The maximum Gasteiger partial charge on any atom is 0.573 e. The fraction of sp³-hybridized carbons (Fsp3) is 0.250. The van der Waals surface area contributed by atoms with Gasteiger partial charge >= 0.3 is 18.0 Å². The Morgan fingerprint density at radius 1 is 1.09 bits per heavy atom. The molecule has 0 radical (unpaired) electrons. The van der Waals surface area contributed by atoms with Gasteiger partial charge in [-0.25, -0.2) is 18.8 Å². The Labute approximate surface area is 194 Å². The van der Waals surface area contributed by atoms with Crippen molar-refractivity contribution in [2.45, 2.75) is 32.4 Å². The molecule has 3 rings (SSSR count). The summed E-state index contributed by atoms with van der Waals surface area (Å²) in [5, 5.41) is 13.3. The van der Waals surface area contributed by atoms with Gasteiger partial charge in [0.1, 0.15) is 12.1 Å². The minimum Gasteiger partial charge on any atom is -0.478 e. The Balaban J connectivity index is 1.82. The Kier molecular flexibility index (Phi) is 6.66. The third-order valence-corrected chi connectivity index (χ3v) is 4.91. The van der Waals surface area contributed by atoms with E-state index in [4.69, 9.17) is 27.9 Å². The number of rotatable bonds is 7. The zero-order chi connectivity index (χ0) is 24.6. The number of carbonyl (C=O) groups is 1. The molecule has 0 atom stereocenters. The highest BCUT2D eigenvalue weighted by Crippen LogP contribution is 2.36. The van der Waals surface area contributed by atoms with E-state index in [1.165, 1.54) is 44.4 Å². The van der Waals surface area contributed by atoms with Gasteiger partial charge in [-0.15, -0.1) is 13.2 Å². The van der Waals surface area contributed by atoms with Crippen LogP contribution in [0.2, 0.25) is 10.0 Å². The average Bonchev–Trinajstić information content (AvgIpc) is 3.04. The van der Waals surface area contributed by atoms with Crippen molar-refractivity contribution in [3.63, 3.8) is 0 Å². The maximum atomic E-state index is 12.7. The quantitative estimate of drug-likeness (QED) is 0.506. The first-order valence-electron chi connectivity index (χ1n) is 9.18. The second-order valence-electron chi connectivity index (χ2n) is 7.29. The molecule has 33 heavy (non-hydrogen) atoms. The molecule has 0 amide bonds. The molecule has 0 spiro atoms. The molecule has 2 aromatic carbocycles. The molecule has 3 aromatic rings. The van der Waals surface area contributed by atoms with Gasteiger partial charge in [0, 0.05) is 0 Å². The minimum absolute atomic E-state index is 0.0199. The minimum atomic E-state index is -4.82.